The van der Waals surface area contributed by atoms with Gasteiger partial charge in [0.2, 0.25) is 0 Å². The van der Waals surface area contributed by atoms with E-state index in [4.69, 9.17) is 10.6 Å². The lowest BCUT2D eigenvalue weighted by Crippen LogP contribution is -2.09. The number of benzene rings is 2. The lowest BCUT2D eigenvalue weighted by atomic mass is 10.2. The number of ether oxygens (including phenoxy) is 1. The lowest BCUT2D eigenvalue weighted by molar-refractivity contribution is 0.0503. The Labute approximate surface area is 147 Å². The molecule has 0 radical (unpaired) electrons. The highest BCUT2D eigenvalue weighted by Gasteiger charge is 2.10. The zero-order chi connectivity index (χ0) is 17.9. The van der Waals surface area contributed by atoms with Crippen LogP contribution in [0, 0.1) is 0 Å². The number of fused-ring (bicyclic) bond motifs is 1. The highest BCUT2D eigenvalue weighted by molar-refractivity contribution is 5.94. The standard InChI is InChI=1S/C18H13N5O3/c19-26-17(24)12-4-7-14-15(10-12)23-16(22-14)11-2-5-13(6-3-11)25-18-20-8-1-9-21-18/h1-10H,19H2,(H,22,23). The number of aromatic nitrogens is 4. The molecular formula is C18H13N5O3. The molecule has 0 bridgehead atoms. The molecule has 0 aliphatic rings. The average molecular weight is 347 g/mol. The van der Waals surface area contributed by atoms with Crippen molar-refractivity contribution in [3.63, 3.8) is 0 Å². The summed E-state index contributed by atoms with van der Waals surface area (Å²) in [6.45, 7) is 0. The van der Waals surface area contributed by atoms with Crippen LogP contribution in [0.4, 0.5) is 0 Å². The predicted octanol–water partition coefficient (Wildman–Crippen LogP) is 2.84. The quantitative estimate of drug-likeness (QED) is 0.545. The van der Waals surface area contributed by atoms with Gasteiger partial charge in [0.05, 0.1) is 16.6 Å². The Morgan fingerprint density at radius 2 is 1.81 bits per heavy atom. The Morgan fingerprint density at radius 3 is 2.54 bits per heavy atom. The number of nitrogens with one attached hydrogen (secondary N) is 1. The van der Waals surface area contributed by atoms with Crippen LogP contribution in [-0.4, -0.2) is 25.9 Å². The molecule has 8 nitrogen and oxygen atoms in total. The van der Waals surface area contributed by atoms with E-state index < -0.39 is 5.97 Å². The molecule has 0 saturated heterocycles. The van der Waals surface area contributed by atoms with Gasteiger partial charge < -0.3 is 14.6 Å². The van der Waals surface area contributed by atoms with Crippen LogP contribution in [0.15, 0.2) is 60.9 Å². The van der Waals surface area contributed by atoms with Gasteiger partial charge in [-0.1, -0.05) is 0 Å². The summed E-state index contributed by atoms with van der Waals surface area (Å²) >= 11 is 0. The van der Waals surface area contributed by atoms with Crippen molar-refractivity contribution < 1.29 is 14.4 Å². The first-order valence-electron chi connectivity index (χ1n) is 7.69. The lowest BCUT2D eigenvalue weighted by Gasteiger charge is -2.03. The van der Waals surface area contributed by atoms with Crippen LogP contribution in [0.3, 0.4) is 0 Å². The molecule has 0 unspecified atom stereocenters. The molecule has 26 heavy (non-hydrogen) atoms. The Kier molecular flexibility index (Phi) is 4.00. The summed E-state index contributed by atoms with van der Waals surface area (Å²) in [7, 11) is 0. The van der Waals surface area contributed by atoms with Crippen molar-refractivity contribution in [2.24, 2.45) is 5.90 Å². The zero-order valence-corrected chi connectivity index (χ0v) is 13.4. The molecule has 128 valence electrons. The van der Waals surface area contributed by atoms with Gasteiger partial charge in [0, 0.05) is 18.0 Å². The zero-order valence-electron chi connectivity index (χ0n) is 13.4. The van der Waals surface area contributed by atoms with Crippen molar-refractivity contribution in [3.05, 3.63) is 66.5 Å². The second-order valence-electron chi connectivity index (χ2n) is 5.38. The van der Waals surface area contributed by atoms with Crippen LogP contribution in [0.2, 0.25) is 0 Å². The molecule has 0 amide bonds. The van der Waals surface area contributed by atoms with Crippen LogP contribution in [0.5, 0.6) is 11.8 Å². The normalized spacial score (nSPS) is 10.7. The molecule has 2 heterocycles. The topological polar surface area (TPSA) is 116 Å². The summed E-state index contributed by atoms with van der Waals surface area (Å²) in [6.07, 6.45) is 3.22. The van der Waals surface area contributed by atoms with Gasteiger partial charge >= 0.3 is 12.0 Å². The first kappa shape index (κ1) is 15.7. The molecule has 3 N–H and O–H groups in total. The van der Waals surface area contributed by atoms with Crippen molar-refractivity contribution in [1.29, 1.82) is 0 Å². The Morgan fingerprint density at radius 1 is 1.04 bits per heavy atom. The first-order chi connectivity index (χ1) is 12.7. The summed E-state index contributed by atoms with van der Waals surface area (Å²) in [4.78, 5) is 31.5. The smallest absolute Gasteiger partial charge is 0.356 e. The second kappa shape index (κ2) is 6.61. The summed E-state index contributed by atoms with van der Waals surface area (Å²) in [5.41, 5.74) is 2.65. The monoisotopic (exact) mass is 347 g/mol. The van der Waals surface area contributed by atoms with Gasteiger partial charge in [0.15, 0.2) is 0 Å². The fourth-order valence-electron chi connectivity index (χ4n) is 2.47. The summed E-state index contributed by atoms with van der Waals surface area (Å²) in [6, 6.07) is 14.3. The molecule has 4 aromatic rings. The number of aromatic amines is 1. The molecule has 8 heteroatoms. The number of rotatable bonds is 4. The van der Waals surface area contributed by atoms with E-state index in [-0.39, 0.29) is 6.01 Å². The van der Waals surface area contributed by atoms with E-state index in [1.54, 1.807) is 48.8 Å². The Hall–Kier alpha value is -3.78. The third-order valence-corrected chi connectivity index (χ3v) is 3.70. The maximum Gasteiger partial charge on any atom is 0.356 e. The first-order valence-corrected chi connectivity index (χ1v) is 7.69. The summed E-state index contributed by atoms with van der Waals surface area (Å²) in [5.74, 6) is 5.60. The van der Waals surface area contributed by atoms with Crippen molar-refractivity contribution in [1.82, 2.24) is 19.9 Å². The molecule has 0 fully saturated rings. The summed E-state index contributed by atoms with van der Waals surface area (Å²) < 4.78 is 5.57. The van der Waals surface area contributed by atoms with Gasteiger partial charge in [-0.25, -0.2) is 19.7 Å². The largest absolute Gasteiger partial charge is 0.424 e. The highest BCUT2D eigenvalue weighted by atomic mass is 16.7. The number of imidazole rings is 1. The minimum atomic E-state index is -0.604. The van der Waals surface area contributed by atoms with Crippen LogP contribution in [0.1, 0.15) is 10.4 Å². The number of nitrogens with zero attached hydrogens (tertiary/aromatic N) is 3. The third kappa shape index (κ3) is 3.08. The van der Waals surface area contributed by atoms with E-state index in [9.17, 15) is 4.79 Å². The highest BCUT2D eigenvalue weighted by Crippen LogP contribution is 2.25. The minimum absolute atomic E-state index is 0.281. The van der Waals surface area contributed by atoms with Gasteiger partial charge in [-0.2, -0.15) is 5.90 Å². The average Bonchev–Trinajstić information content (AvgIpc) is 3.12. The van der Waals surface area contributed by atoms with Crippen LogP contribution in [0.25, 0.3) is 22.4 Å². The van der Waals surface area contributed by atoms with E-state index >= 15 is 0 Å². The van der Waals surface area contributed by atoms with E-state index in [0.29, 0.717) is 22.7 Å². The predicted molar refractivity (Wildman–Crippen MR) is 93.2 cm³/mol. The molecule has 0 saturated carbocycles. The molecule has 2 aromatic heterocycles. The van der Waals surface area contributed by atoms with Gasteiger partial charge in [-0.3, -0.25) is 0 Å². The van der Waals surface area contributed by atoms with Crippen LogP contribution >= 0.6 is 0 Å². The number of H-pyrrole nitrogens is 1. The second-order valence-corrected chi connectivity index (χ2v) is 5.38. The fourth-order valence-corrected chi connectivity index (χ4v) is 2.47. The van der Waals surface area contributed by atoms with Crippen molar-refractivity contribution in [2.45, 2.75) is 0 Å². The van der Waals surface area contributed by atoms with Crippen LogP contribution in [-0.2, 0) is 4.84 Å². The van der Waals surface area contributed by atoms with Gasteiger partial charge in [0.1, 0.15) is 11.6 Å². The number of hydrogen-bond acceptors (Lipinski definition) is 7. The molecule has 0 aliphatic heterocycles. The number of carbonyl (C=O) groups is 1. The van der Waals surface area contributed by atoms with Crippen molar-refractivity contribution in [3.8, 4) is 23.1 Å². The van der Waals surface area contributed by atoms with E-state index in [1.165, 1.54) is 0 Å². The van der Waals surface area contributed by atoms with Gasteiger partial charge in [-0.15, -0.1) is 0 Å². The molecule has 0 aliphatic carbocycles. The van der Waals surface area contributed by atoms with Crippen molar-refractivity contribution in [2.75, 3.05) is 0 Å². The number of hydrogen-bond donors (Lipinski definition) is 2. The Balaban J connectivity index is 1.60. The molecule has 0 spiro atoms. The number of carbonyl (C=O) groups excluding carboxylic acids is 1. The van der Waals surface area contributed by atoms with Gasteiger partial charge in [0.25, 0.3) is 0 Å². The van der Waals surface area contributed by atoms with E-state index in [2.05, 4.69) is 24.8 Å². The maximum atomic E-state index is 11.5. The summed E-state index contributed by atoms with van der Waals surface area (Å²) in [5, 5.41) is 0. The van der Waals surface area contributed by atoms with Crippen LogP contribution < -0.4 is 10.6 Å². The number of nitrogens with two attached hydrogens (primary N) is 1. The third-order valence-electron chi connectivity index (χ3n) is 3.70. The van der Waals surface area contributed by atoms with Gasteiger partial charge in [-0.05, 0) is 48.5 Å². The van der Waals surface area contributed by atoms with E-state index in [0.717, 1.165) is 11.1 Å². The SMILES string of the molecule is NOC(=O)c1ccc2nc(-c3ccc(Oc4ncccn4)cc3)[nH]c2c1. The minimum Gasteiger partial charge on any atom is -0.424 e. The maximum absolute atomic E-state index is 11.5. The fraction of sp³-hybridized carbons (Fsp3) is 0. The molecular weight excluding hydrogens is 334 g/mol. The molecule has 2 aromatic carbocycles. The molecule has 4 rings (SSSR count). The Bertz CT molecular complexity index is 1060. The molecule has 0 atom stereocenters. The van der Waals surface area contributed by atoms with E-state index in [1.807, 2.05) is 12.1 Å². The van der Waals surface area contributed by atoms with Crippen molar-refractivity contribution >= 4 is 17.0 Å².